The van der Waals surface area contributed by atoms with Gasteiger partial charge in [0.1, 0.15) is 5.75 Å². The van der Waals surface area contributed by atoms with Gasteiger partial charge in [-0.15, -0.1) is 13.2 Å². The van der Waals surface area contributed by atoms with Gasteiger partial charge in [-0.25, -0.2) is 0 Å². The fourth-order valence-corrected chi connectivity index (χ4v) is 1.23. The highest BCUT2D eigenvalue weighted by Crippen LogP contribution is 2.25. The second-order valence-corrected chi connectivity index (χ2v) is 3.43. The van der Waals surface area contributed by atoms with Gasteiger partial charge in [-0.05, 0) is 30.0 Å². The van der Waals surface area contributed by atoms with E-state index in [1.165, 1.54) is 12.1 Å². The molecule has 1 nitrogen and oxygen atoms in total. The Morgan fingerprint density at radius 2 is 1.73 bits per heavy atom. The van der Waals surface area contributed by atoms with Crippen molar-refractivity contribution in [1.82, 2.24) is 0 Å². The Hall–Kier alpha value is -1.19. The van der Waals surface area contributed by atoms with Crippen LogP contribution in [0.2, 0.25) is 0 Å². The molecule has 0 saturated carbocycles. The number of hydrogen-bond donors (Lipinski definition) is 0. The molecule has 1 unspecified atom stereocenters. The lowest BCUT2D eigenvalue weighted by atomic mass is 9.99. The van der Waals surface area contributed by atoms with Crippen molar-refractivity contribution < 1.29 is 17.9 Å². The Morgan fingerprint density at radius 3 is 2.13 bits per heavy atom. The van der Waals surface area contributed by atoms with Gasteiger partial charge in [-0.1, -0.05) is 26.0 Å². The van der Waals surface area contributed by atoms with Crippen molar-refractivity contribution in [3.63, 3.8) is 0 Å². The molecular formula is C11H13F3O. The summed E-state index contributed by atoms with van der Waals surface area (Å²) in [6.07, 6.45) is -3.66. The molecule has 0 spiro atoms. The standard InChI is InChI=1S/C11H13F3O/c1-3-8(2)9-4-6-10(7-5-9)15-11(12,13)14/h4-8H,3H2,1-2H3. The third kappa shape index (κ3) is 3.81. The molecular weight excluding hydrogens is 205 g/mol. The zero-order valence-electron chi connectivity index (χ0n) is 8.64. The Labute approximate surface area is 86.9 Å². The minimum atomic E-state index is -4.61. The Bertz CT molecular complexity index is 303. The van der Waals surface area contributed by atoms with Crippen LogP contribution in [-0.4, -0.2) is 6.36 Å². The minimum Gasteiger partial charge on any atom is -0.406 e. The molecule has 1 atom stereocenters. The first-order valence-corrected chi connectivity index (χ1v) is 4.78. The quantitative estimate of drug-likeness (QED) is 0.742. The van der Waals surface area contributed by atoms with E-state index in [-0.39, 0.29) is 5.75 Å². The van der Waals surface area contributed by atoms with Crippen LogP contribution in [0.15, 0.2) is 24.3 Å². The molecule has 1 rings (SSSR count). The van der Waals surface area contributed by atoms with Gasteiger partial charge >= 0.3 is 6.36 Å². The monoisotopic (exact) mass is 218 g/mol. The molecule has 0 bridgehead atoms. The highest BCUT2D eigenvalue weighted by molar-refractivity contribution is 5.29. The Kier molecular flexibility index (Phi) is 3.61. The van der Waals surface area contributed by atoms with Gasteiger partial charge in [-0.3, -0.25) is 0 Å². The largest absolute Gasteiger partial charge is 0.573 e. The zero-order chi connectivity index (χ0) is 11.5. The predicted molar refractivity (Wildman–Crippen MR) is 51.8 cm³/mol. The molecule has 0 aliphatic heterocycles. The molecule has 0 aliphatic rings. The summed E-state index contributed by atoms with van der Waals surface area (Å²) in [6, 6.07) is 6.01. The second-order valence-electron chi connectivity index (χ2n) is 3.43. The molecule has 0 amide bonds. The van der Waals surface area contributed by atoms with Gasteiger partial charge < -0.3 is 4.74 Å². The summed E-state index contributed by atoms with van der Waals surface area (Å²) >= 11 is 0. The summed E-state index contributed by atoms with van der Waals surface area (Å²) in [4.78, 5) is 0. The number of halogens is 3. The van der Waals surface area contributed by atoms with Gasteiger partial charge in [0.2, 0.25) is 0 Å². The fourth-order valence-electron chi connectivity index (χ4n) is 1.23. The smallest absolute Gasteiger partial charge is 0.406 e. The van der Waals surface area contributed by atoms with Crippen molar-refractivity contribution in [3.05, 3.63) is 29.8 Å². The molecule has 0 aromatic heterocycles. The van der Waals surface area contributed by atoms with Gasteiger partial charge in [0.05, 0.1) is 0 Å². The fraction of sp³-hybridized carbons (Fsp3) is 0.455. The van der Waals surface area contributed by atoms with Gasteiger partial charge in [0.15, 0.2) is 0 Å². The number of ether oxygens (including phenoxy) is 1. The van der Waals surface area contributed by atoms with Gasteiger partial charge in [0, 0.05) is 0 Å². The van der Waals surface area contributed by atoms with Crippen molar-refractivity contribution in [2.45, 2.75) is 32.5 Å². The van der Waals surface area contributed by atoms with Crippen LogP contribution in [-0.2, 0) is 0 Å². The lowest BCUT2D eigenvalue weighted by Gasteiger charge is -2.11. The number of alkyl halides is 3. The van der Waals surface area contributed by atoms with Gasteiger partial charge in [-0.2, -0.15) is 0 Å². The van der Waals surface area contributed by atoms with Crippen LogP contribution < -0.4 is 4.74 Å². The normalized spacial score (nSPS) is 13.7. The lowest BCUT2D eigenvalue weighted by molar-refractivity contribution is -0.274. The summed E-state index contributed by atoms with van der Waals surface area (Å²) < 4.78 is 39.3. The Balaban J connectivity index is 2.72. The maximum Gasteiger partial charge on any atom is 0.573 e. The SMILES string of the molecule is CCC(C)c1ccc(OC(F)(F)F)cc1. The van der Waals surface area contributed by atoms with E-state index in [0.717, 1.165) is 12.0 Å². The highest BCUT2D eigenvalue weighted by atomic mass is 19.4. The van der Waals surface area contributed by atoms with E-state index in [1.54, 1.807) is 12.1 Å². The average Bonchev–Trinajstić information content (AvgIpc) is 2.15. The topological polar surface area (TPSA) is 9.23 Å². The third-order valence-electron chi connectivity index (χ3n) is 2.30. The molecule has 0 aliphatic carbocycles. The molecule has 0 radical (unpaired) electrons. The molecule has 4 heteroatoms. The summed E-state index contributed by atoms with van der Waals surface area (Å²) in [7, 11) is 0. The Morgan fingerprint density at radius 1 is 1.20 bits per heavy atom. The summed E-state index contributed by atoms with van der Waals surface area (Å²) in [5.41, 5.74) is 1.02. The predicted octanol–water partition coefficient (Wildman–Crippen LogP) is 4.10. The number of hydrogen-bond acceptors (Lipinski definition) is 1. The van der Waals surface area contributed by atoms with E-state index in [9.17, 15) is 13.2 Å². The van der Waals surface area contributed by atoms with E-state index in [2.05, 4.69) is 4.74 Å². The minimum absolute atomic E-state index is 0.172. The van der Waals surface area contributed by atoms with Gasteiger partial charge in [0.25, 0.3) is 0 Å². The first-order valence-electron chi connectivity index (χ1n) is 4.78. The zero-order valence-corrected chi connectivity index (χ0v) is 8.64. The maximum atomic E-state index is 11.8. The summed E-state index contributed by atoms with van der Waals surface area (Å²) in [5.74, 6) is 0.180. The van der Waals surface area contributed by atoms with Crippen LogP contribution in [0.1, 0.15) is 31.7 Å². The molecule has 0 heterocycles. The molecule has 0 saturated heterocycles. The first kappa shape index (κ1) is 11.9. The van der Waals surface area contributed by atoms with E-state index in [1.807, 2.05) is 13.8 Å². The lowest BCUT2D eigenvalue weighted by Crippen LogP contribution is -2.17. The second kappa shape index (κ2) is 4.55. The van der Waals surface area contributed by atoms with Crippen LogP contribution in [0.25, 0.3) is 0 Å². The van der Waals surface area contributed by atoms with Crippen molar-refractivity contribution >= 4 is 0 Å². The summed E-state index contributed by atoms with van der Waals surface area (Å²) in [6.45, 7) is 4.06. The third-order valence-corrected chi connectivity index (χ3v) is 2.30. The highest BCUT2D eigenvalue weighted by Gasteiger charge is 2.30. The van der Waals surface area contributed by atoms with E-state index < -0.39 is 6.36 Å². The first-order chi connectivity index (χ1) is 6.92. The molecule has 0 fully saturated rings. The molecule has 1 aromatic rings. The van der Waals surface area contributed by atoms with Crippen LogP contribution >= 0.6 is 0 Å². The van der Waals surface area contributed by atoms with E-state index in [4.69, 9.17) is 0 Å². The number of rotatable bonds is 3. The molecule has 84 valence electrons. The van der Waals surface area contributed by atoms with Crippen LogP contribution in [0, 0.1) is 0 Å². The van der Waals surface area contributed by atoms with Crippen molar-refractivity contribution in [3.8, 4) is 5.75 Å². The molecule has 15 heavy (non-hydrogen) atoms. The molecule has 0 N–H and O–H groups in total. The van der Waals surface area contributed by atoms with Crippen molar-refractivity contribution in [2.75, 3.05) is 0 Å². The summed E-state index contributed by atoms with van der Waals surface area (Å²) in [5, 5.41) is 0. The van der Waals surface area contributed by atoms with Crippen LogP contribution in [0.5, 0.6) is 5.75 Å². The number of benzene rings is 1. The van der Waals surface area contributed by atoms with E-state index in [0.29, 0.717) is 5.92 Å². The van der Waals surface area contributed by atoms with E-state index >= 15 is 0 Å². The van der Waals surface area contributed by atoms with Crippen LogP contribution in [0.3, 0.4) is 0 Å². The average molecular weight is 218 g/mol. The van der Waals surface area contributed by atoms with Crippen LogP contribution in [0.4, 0.5) is 13.2 Å². The molecule has 1 aromatic carbocycles. The maximum absolute atomic E-state index is 11.8. The van der Waals surface area contributed by atoms with Crippen molar-refractivity contribution in [1.29, 1.82) is 0 Å². The van der Waals surface area contributed by atoms with Crippen molar-refractivity contribution in [2.24, 2.45) is 0 Å².